The fraction of sp³-hybridized carbons (Fsp3) is 0.120. The van der Waals surface area contributed by atoms with Crippen LogP contribution in [0.25, 0.3) is 6.08 Å². The van der Waals surface area contributed by atoms with Gasteiger partial charge >= 0.3 is 6.03 Å². The first-order valence-electron chi connectivity index (χ1n) is 9.97. The summed E-state index contributed by atoms with van der Waals surface area (Å²) >= 11 is 5.90. The molecule has 1 heterocycles. The molecule has 0 saturated carbocycles. The van der Waals surface area contributed by atoms with Crippen LogP contribution in [-0.4, -0.2) is 23.9 Å². The lowest BCUT2D eigenvalue weighted by Gasteiger charge is -2.12. The SMILES string of the molecule is COc1ccc(/C=C2\NC(=O)N(Cc3ccc(Cl)cc3)C2=O)cc1OCc1ccccc1. The molecule has 6 nitrogen and oxygen atoms in total. The number of amides is 3. The van der Waals surface area contributed by atoms with Crippen LogP contribution in [0.4, 0.5) is 4.79 Å². The molecule has 0 unspecified atom stereocenters. The largest absolute Gasteiger partial charge is 0.493 e. The Labute approximate surface area is 191 Å². The summed E-state index contributed by atoms with van der Waals surface area (Å²) in [6.45, 7) is 0.537. The quantitative estimate of drug-likeness (QED) is 0.407. The lowest BCUT2D eigenvalue weighted by molar-refractivity contribution is -0.123. The van der Waals surface area contributed by atoms with E-state index >= 15 is 0 Å². The van der Waals surface area contributed by atoms with Gasteiger partial charge in [0.2, 0.25) is 0 Å². The van der Waals surface area contributed by atoms with Crippen LogP contribution in [0.3, 0.4) is 0 Å². The summed E-state index contributed by atoms with van der Waals surface area (Å²) in [7, 11) is 1.57. The van der Waals surface area contributed by atoms with Crippen LogP contribution in [-0.2, 0) is 17.9 Å². The number of rotatable bonds is 7. The number of hydrogen-bond acceptors (Lipinski definition) is 4. The zero-order chi connectivity index (χ0) is 22.5. The molecule has 0 bridgehead atoms. The van der Waals surface area contributed by atoms with E-state index in [0.29, 0.717) is 28.7 Å². The van der Waals surface area contributed by atoms with Crippen molar-refractivity contribution in [1.29, 1.82) is 0 Å². The van der Waals surface area contributed by atoms with Crippen molar-refractivity contribution in [3.63, 3.8) is 0 Å². The topological polar surface area (TPSA) is 67.9 Å². The van der Waals surface area contributed by atoms with Crippen LogP contribution in [0.15, 0.2) is 78.5 Å². The van der Waals surface area contributed by atoms with E-state index in [0.717, 1.165) is 16.0 Å². The minimum Gasteiger partial charge on any atom is -0.493 e. The van der Waals surface area contributed by atoms with Crippen molar-refractivity contribution >= 4 is 29.6 Å². The fourth-order valence-corrected chi connectivity index (χ4v) is 3.41. The first-order chi connectivity index (χ1) is 15.5. The minimum absolute atomic E-state index is 0.160. The molecule has 0 aromatic heterocycles. The van der Waals surface area contributed by atoms with Gasteiger partial charge in [0.05, 0.1) is 13.7 Å². The van der Waals surface area contributed by atoms with Crippen molar-refractivity contribution in [2.75, 3.05) is 7.11 Å². The van der Waals surface area contributed by atoms with E-state index in [1.54, 1.807) is 55.7 Å². The van der Waals surface area contributed by atoms with Gasteiger partial charge in [-0.1, -0.05) is 60.1 Å². The molecule has 162 valence electrons. The van der Waals surface area contributed by atoms with E-state index < -0.39 is 11.9 Å². The van der Waals surface area contributed by atoms with E-state index in [1.807, 2.05) is 30.3 Å². The maximum Gasteiger partial charge on any atom is 0.329 e. The van der Waals surface area contributed by atoms with E-state index in [-0.39, 0.29) is 12.2 Å². The molecule has 0 aliphatic carbocycles. The molecule has 3 aromatic carbocycles. The summed E-state index contributed by atoms with van der Waals surface area (Å²) in [5, 5.41) is 3.23. The van der Waals surface area contributed by atoms with Crippen molar-refractivity contribution in [1.82, 2.24) is 10.2 Å². The number of ether oxygens (including phenoxy) is 2. The van der Waals surface area contributed by atoms with Crippen molar-refractivity contribution < 1.29 is 19.1 Å². The zero-order valence-electron chi connectivity index (χ0n) is 17.4. The van der Waals surface area contributed by atoms with Crippen molar-refractivity contribution in [3.8, 4) is 11.5 Å². The number of carbonyl (C=O) groups is 2. The van der Waals surface area contributed by atoms with Crippen LogP contribution in [0, 0.1) is 0 Å². The second-order valence-corrected chi connectivity index (χ2v) is 7.63. The molecule has 32 heavy (non-hydrogen) atoms. The predicted octanol–water partition coefficient (Wildman–Crippen LogP) is 5.02. The molecule has 0 radical (unpaired) electrons. The fourth-order valence-electron chi connectivity index (χ4n) is 3.29. The number of methoxy groups -OCH3 is 1. The first-order valence-corrected chi connectivity index (χ1v) is 10.3. The van der Waals surface area contributed by atoms with Crippen LogP contribution in [0.5, 0.6) is 11.5 Å². The zero-order valence-corrected chi connectivity index (χ0v) is 18.1. The smallest absolute Gasteiger partial charge is 0.329 e. The lowest BCUT2D eigenvalue weighted by atomic mass is 10.1. The average Bonchev–Trinajstić information content (AvgIpc) is 3.07. The van der Waals surface area contributed by atoms with Crippen molar-refractivity contribution in [2.24, 2.45) is 0 Å². The Balaban J connectivity index is 1.51. The third-order valence-corrected chi connectivity index (χ3v) is 5.20. The van der Waals surface area contributed by atoms with Crippen LogP contribution in [0.2, 0.25) is 5.02 Å². The molecule has 3 amide bonds. The van der Waals surface area contributed by atoms with Gasteiger partial charge in [0.1, 0.15) is 12.3 Å². The van der Waals surface area contributed by atoms with Crippen molar-refractivity contribution in [2.45, 2.75) is 13.2 Å². The maximum absolute atomic E-state index is 12.8. The Morgan fingerprint density at radius 3 is 2.41 bits per heavy atom. The van der Waals surface area contributed by atoms with Gasteiger partial charge in [-0.15, -0.1) is 0 Å². The van der Waals surface area contributed by atoms with Gasteiger partial charge in [-0.25, -0.2) is 4.79 Å². The first kappa shape index (κ1) is 21.5. The minimum atomic E-state index is -0.467. The van der Waals surface area contributed by atoms with Crippen molar-refractivity contribution in [3.05, 3.63) is 100 Å². The average molecular weight is 449 g/mol. The molecule has 0 spiro atoms. The highest BCUT2D eigenvalue weighted by molar-refractivity contribution is 6.30. The Kier molecular flexibility index (Phi) is 6.42. The van der Waals surface area contributed by atoms with Gasteiger partial charge in [0.25, 0.3) is 5.91 Å². The van der Waals surface area contributed by atoms with Gasteiger partial charge in [0, 0.05) is 5.02 Å². The van der Waals surface area contributed by atoms with E-state index in [4.69, 9.17) is 21.1 Å². The van der Waals surface area contributed by atoms with E-state index in [2.05, 4.69) is 5.32 Å². The second-order valence-electron chi connectivity index (χ2n) is 7.19. The number of imide groups is 1. The summed E-state index contributed by atoms with van der Waals surface area (Å²) in [5.41, 5.74) is 2.73. The molecule has 7 heteroatoms. The number of halogens is 1. The van der Waals surface area contributed by atoms with Gasteiger partial charge in [-0.3, -0.25) is 9.69 Å². The molecule has 1 saturated heterocycles. The highest BCUT2D eigenvalue weighted by Crippen LogP contribution is 2.30. The summed E-state index contributed by atoms with van der Waals surface area (Å²) in [5.74, 6) is 0.724. The standard InChI is InChI=1S/C25H21ClN2O4/c1-31-22-12-9-19(14-23(22)32-16-18-5-3-2-4-6-18)13-21-24(29)28(25(30)27-21)15-17-7-10-20(26)11-8-17/h2-14H,15-16H2,1H3,(H,27,30)/b21-13-. The number of hydrogen-bond donors (Lipinski definition) is 1. The number of carbonyl (C=O) groups excluding carboxylic acids is 2. The molecular formula is C25H21ClN2O4. The Hall–Kier alpha value is -3.77. The number of benzene rings is 3. The Bertz CT molecular complexity index is 1160. The molecule has 0 atom stereocenters. The molecule has 4 rings (SSSR count). The maximum atomic E-state index is 12.8. The monoisotopic (exact) mass is 448 g/mol. The molecule has 3 aromatic rings. The van der Waals surface area contributed by atoms with Gasteiger partial charge in [-0.05, 0) is 47.0 Å². The highest BCUT2D eigenvalue weighted by Gasteiger charge is 2.33. The van der Waals surface area contributed by atoms with Gasteiger partial charge in [-0.2, -0.15) is 0 Å². The molecule has 1 aliphatic rings. The van der Waals surface area contributed by atoms with Crippen LogP contribution >= 0.6 is 11.6 Å². The summed E-state index contributed by atoms with van der Waals surface area (Å²) in [6.07, 6.45) is 1.62. The number of nitrogens with zero attached hydrogens (tertiary/aromatic N) is 1. The lowest BCUT2D eigenvalue weighted by Crippen LogP contribution is -2.30. The second kappa shape index (κ2) is 9.58. The molecular weight excluding hydrogens is 428 g/mol. The Morgan fingerprint density at radius 1 is 0.938 bits per heavy atom. The van der Waals surface area contributed by atoms with Gasteiger partial charge < -0.3 is 14.8 Å². The highest BCUT2D eigenvalue weighted by atomic mass is 35.5. The number of nitrogens with one attached hydrogen (secondary N) is 1. The summed E-state index contributed by atoms with van der Waals surface area (Å²) < 4.78 is 11.3. The van der Waals surface area contributed by atoms with E-state index in [1.165, 1.54) is 0 Å². The summed E-state index contributed by atoms with van der Waals surface area (Å²) in [4.78, 5) is 26.3. The third kappa shape index (κ3) is 4.92. The van der Waals surface area contributed by atoms with Crippen LogP contribution < -0.4 is 14.8 Å². The van der Waals surface area contributed by atoms with Gasteiger partial charge in [0.15, 0.2) is 11.5 Å². The predicted molar refractivity (Wildman–Crippen MR) is 122 cm³/mol. The molecule has 1 N–H and O–H groups in total. The summed E-state index contributed by atoms with van der Waals surface area (Å²) in [6, 6.07) is 21.7. The molecule has 1 fully saturated rings. The van der Waals surface area contributed by atoms with E-state index in [9.17, 15) is 9.59 Å². The number of urea groups is 1. The third-order valence-electron chi connectivity index (χ3n) is 4.95. The van der Waals surface area contributed by atoms with Crippen LogP contribution in [0.1, 0.15) is 16.7 Å². The normalized spacial score (nSPS) is 14.6. The Morgan fingerprint density at radius 2 is 1.69 bits per heavy atom. The molecule has 1 aliphatic heterocycles.